The molecule has 10 heteroatoms. The molecule has 0 bridgehead atoms. The number of aryl methyl sites for hydroxylation is 5. The van der Waals surface area contributed by atoms with Gasteiger partial charge in [-0.15, -0.1) is 0 Å². The van der Waals surface area contributed by atoms with Gasteiger partial charge >= 0.3 is 0 Å². The predicted molar refractivity (Wildman–Crippen MR) is 504 cm³/mol. The van der Waals surface area contributed by atoms with E-state index in [0.29, 0.717) is 36.9 Å². The summed E-state index contributed by atoms with van der Waals surface area (Å²) in [5, 5.41) is 0. The fourth-order valence-corrected chi connectivity index (χ4v) is 24.7. The molecule has 6 aromatic carbocycles. The highest BCUT2D eigenvalue weighted by molar-refractivity contribution is 5.77. The third-order valence-corrected chi connectivity index (χ3v) is 30.7. The van der Waals surface area contributed by atoms with Crippen molar-refractivity contribution in [2.75, 3.05) is 24.5 Å². The molecule has 0 N–H and O–H groups in total. The average Bonchev–Trinajstić information content (AvgIpc) is 1.62. The fourth-order valence-electron chi connectivity index (χ4n) is 24.7. The zero-order valence-electron chi connectivity index (χ0n) is 76.7. The third kappa shape index (κ3) is 18.2. The lowest BCUT2D eigenvalue weighted by Crippen LogP contribution is -2.45. The molecule has 0 radical (unpaired) electrons. The van der Waals surface area contributed by atoms with Crippen LogP contribution in [0.5, 0.6) is 0 Å². The highest BCUT2D eigenvalue weighted by atomic mass is 15.5. The van der Waals surface area contributed by atoms with Crippen LogP contribution >= 0.6 is 0 Å². The monoisotopic (exact) mass is 1590 g/mol. The first kappa shape index (κ1) is 86.4. The van der Waals surface area contributed by atoms with Crippen LogP contribution in [0.3, 0.4) is 0 Å². The second-order valence-electron chi connectivity index (χ2n) is 38.0. The molecule has 5 heterocycles. The normalized spacial score (nSPS) is 24.4. The summed E-state index contributed by atoms with van der Waals surface area (Å²) >= 11 is 0. The Kier molecular flexibility index (Phi) is 29.1. The van der Waals surface area contributed by atoms with Gasteiger partial charge in [0.25, 0.3) is 0 Å². The van der Waals surface area contributed by atoms with E-state index in [9.17, 15) is 0 Å². The number of para-hydroxylation sites is 5. The Hall–Kier alpha value is -7.98. The molecule has 0 amide bonds. The third-order valence-electron chi connectivity index (χ3n) is 30.7. The second-order valence-corrected chi connectivity index (χ2v) is 38.0. The smallest absolute Gasteiger partial charge is 0.104 e. The van der Waals surface area contributed by atoms with Crippen molar-refractivity contribution in [1.29, 1.82) is 0 Å². The van der Waals surface area contributed by atoms with Gasteiger partial charge in [-0.25, -0.2) is 0 Å². The average molecular weight is 1590 g/mol. The molecule has 0 spiro atoms. The van der Waals surface area contributed by atoms with Gasteiger partial charge in [0.05, 0.1) is 5.70 Å². The summed E-state index contributed by atoms with van der Waals surface area (Å²) in [5.41, 5.74) is 30.1. The largest absolute Gasteiger partial charge is 0.350 e. The van der Waals surface area contributed by atoms with Crippen molar-refractivity contribution in [2.24, 2.45) is 11.8 Å². The van der Waals surface area contributed by atoms with E-state index in [1.54, 1.807) is 11.4 Å². The van der Waals surface area contributed by atoms with Gasteiger partial charge in [0.1, 0.15) is 30.8 Å². The van der Waals surface area contributed by atoms with Crippen molar-refractivity contribution in [2.45, 2.75) is 391 Å². The van der Waals surface area contributed by atoms with E-state index < -0.39 is 0 Å². The number of benzene rings is 6. The molecular weight excluding hydrogens is 1440 g/mol. The molecule has 118 heavy (non-hydrogen) atoms. The summed E-state index contributed by atoms with van der Waals surface area (Å²) < 4.78 is 0. The number of rotatable bonds is 13. The molecule has 7 fully saturated rings. The standard InChI is InChI=1S/C24H36N2.C24H30N2.C23H34N2.C19H28N2.C18H26N2/c2*1-18-12-10-11-17-23(18)25-19(2)24(21-13-6-4-7-14-21)26(20(25)3)22-15-8-5-9-16-22;1-17-11-7-10-16-22(17)24-18(2)23(20-12-8-9-13-20)25(19(24)3)21-14-5-4-6-15-21;1-14-10-8-9-13-19(14)21-16(3)15(2)20(17(21)4)18-11-6-5-7-12-18;1-13-9-5-8-12-18(13)20-15(3)14(2)19(16(20)4)17-10-6-7-11-17/h10-12,17,20-22H,4-9,13-16H2,1-3H3;4,6-7,10-14,17,20,22H,5,8-9,15-16H2,1-3H3;7,10-11,16,19-21H,4-6,8-9,12-15H2,1-3H3;8-10,13,17-18H,5-7,11-12H2,1-4H3;5,8-9,12,16-17H,6-7,10-11H2,1-4H3. The SMILES string of the molecule is CC1=C(C)N(C2CCCC2)C(C)N1c1ccccc1C.CC1=C(C)N(C2CCCCC2)C(C)N1c1ccccc1C.CC1=C(C2CCCC2)N(C2CCCCC2)C(C)N1c1ccccc1C.CC1=C(C2CCCCC2)N(C2CCCCC2)C(C)N1c1ccccc1C.CC1=C(c2ccccc2)N(C2CCCCC2)C(C)N1c1ccccc1C. The van der Waals surface area contributed by atoms with Crippen molar-refractivity contribution in [3.8, 4) is 0 Å². The fraction of sp³-hybridized carbons (Fsp3) is 0.574. The van der Waals surface area contributed by atoms with Gasteiger partial charge in [-0.1, -0.05) is 243 Å². The van der Waals surface area contributed by atoms with E-state index in [1.807, 2.05) is 0 Å². The maximum absolute atomic E-state index is 2.87. The van der Waals surface area contributed by atoms with Gasteiger partial charge in [-0.2, -0.15) is 0 Å². The first-order valence-corrected chi connectivity index (χ1v) is 48.0. The molecule has 7 aliphatic carbocycles. The van der Waals surface area contributed by atoms with Gasteiger partial charge in [0, 0.05) is 122 Å². The predicted octanol–water partition coefficient (Wildman–Crippen LogP) is 28.7. The highest BCUT2D eigenvalue weighted by Gasteiger charge is 2.46. The Morgan fingerprint density at radius 2 is 0.407 bits per heavy atom. The molecule has 7 saturated carbocycles. The second kappa shape index (κ2) is 39.7. The molecule has 636 valence electrons. The lowest BCUT2D eigenvalue weighted by Gasteiger charge is -2.42. The Morgan fingerprint density at radius 1 is 0.195 bits per heavy atom. The van der Waals surface area contributed by atoms with Gasteiger partial charge in [0.2, 0.25) is 0 Å². The maximum atomic E-state index is 2.87. The van der Waals surface area contributed by atoms with Crippen LogP contribution in [0.15, 0.2) is 203 Å². The summed E-state index contributed by atoms with van der Waals surface area (Å²) in [6.07, 6.45) is 48.0. The van der Waals surface area contributed by atoms with Crippen molar-refractivity contribution in [3.63, 3.8) is 0 Å². The number of allylic oxidation sites excluding steroid dienone is 9. The van der Waals surface area contributed by atoms with Crippen LogP contribution in [-0.2, 0) is 0 Å². The topological polar surface area (TPSA) is 32.4 Å². The molecule has 10 nitrogen and oxygen atoms in total. The zero-order chi connectivity index (χ0) is 82.8. The van der Waals surface area contributed by atoms with Crippen LogP contribution in [-0.4, -0.2) is 85.5 Å². The summed E-state index contributed by atoms with van der Waals surface area (Å²) in [5.74, 6) is 1.57. The van der Waals surface area contributed by atoms with Gasteiger partial charge in [0.15, 0.2) is 0 Å². The highest BCUT2D eigenvalue weighted by Crippen LogP contribution is 2.51. The quantitative estimate of drug-likeness (QED) is 0.112. The first-order chi connectivity index (χ1) is 57.3. The first-order valence-electron chi connectivity index (χ1n) is 48.0. The summed E-state index contributed by atoms with van der Waals surface area (Å²) in [6.45, 7) is 39.4. The van der Waals surface area contributed by atoms with Crippen molar-refractivity contribution in [1.82, 2.24) is 24.5 Å². The van der Waals surface area contributed by atoms with Gasteiger partial charge in [-0.3, -0.25) is 0 Å². The van der Waals surface area contributed by atoms with Crippen molar-refractivity contribution < 1.29 is 0 Å². The molecule has 12 aliphatic rings. The number of hydrogen-bond donors (Lipinski definition) is 0. The minimum atomic E-state index is 0.356. The molecule has 6 aromatic rings. The number of nitrogens with zero attached hydrogens (tertiary/aromatic N) is 10. The van der Waals surface area contributed by atoms with Crippen LogP contribution in [0.2, 0.25) is 0 Å². The molecule has 0 aromatic heterocycles. The Labute approximate surface area is 717 Å². The van der Waals surface area contributed by atoms with E-state index in [2.05, 4.69) is 318 Å². The lowest BCUT2D eigenvalue weighted by atomic mass is 9.84. The Morgan fingerprint density at radius 3 is 0.703 bits per heavy atom. The van der Waals surface area contributed by atoms with Crippen LogP contribution in [0, 0.1) is 46.5 Å². The van der Waals surface area contributed by atoms with E-state index in [0.717, 1.165) is 36.0 Å². The van der Waals surface area contributed by atoms with Crippen LogP contribution in [0.1, 0.15) is 328 Å². The molecular formula is C108H154N10. The number of anilines is 5. The molecule has 0 saturated heterocycles. The minimum Gasteiger partial charge on any atom is -0.350 e. The van der Waals surface area contributed by atoms with Crippen molar-refractivity contribution in [3.05, 3.63) is 236 Å². The zero-order valence-corrected chi connectivity index (χ0v) is 76.7. The van der Waals surface area contributed by atoms with E-state index in [1.165, 1.54) is 319 Å². The lowest BCUT2D eigenvalue weighted by molar-refractivity contribution is 0.147. The molecule has 5 unspecified atom stereocenters. The molecule has 5 atom stereocenters. The van der Waals surface area contributed by atoms with Gasteiger partial charge < -0.3 is 49.0 Å². The minimum absolute atomic E-state index is 0.356. The van der Waals surface area contributed by atoms with Gasteiger partial charge in [-0.05, 0) is 271 Å². The van der Waals surface area contributed by atoms with E-state index in [-0.39, 0.29) is 0 Å². The maximum Gasteiger partial charge on any atom is 0.104 e. The van der Waals surface area contributed by atoms with Crippen LogP contribution in [0.25, 0.3) is 5.70 Å². The summed E-state index contributed by atoms with van der Waals surface area (Å²) in [6, 6.07) is 58.8. The molecule has 5 aliphatic heterocycles. The summed E-state index contributed by atoms with van der Waals surface area (Å²) in [4.78, 5) is 26.7. The summed E-state index contributed by atoms with van der Waals surface area (Å²) in [7, 11) is 0. The van der Waals surface area contributed by atoms with E-state index in [4.69, 9.17) is 0 Å². The Balaban J connectivity index is 0.000000122. The van der Waals surface area contributed by atoms with Crippen LogP contribution < -0.4 is 24.5 Å². The van der Waals surface area contributed by atoms with Crippen molar-refractivity contribution >= 4 is 34.1 Å². The molecule has 18 rings (SSSR count). The van der Waals surface area contributed by atoms with Crippen LogP contribution in [0.4, 0.5) is 28.4 Å². The van der Waals surface area contributed by atoms with E-state index >= 15 is 0 Å². The number of hydrogen-bond acceptors (Lipinski definition) is 10. The Bertz CT molecular complexity index is 4440.